The van der Waals surface area contributed by atoms with Crippen molar-refractivity contribution >= 4 is 39.6 Å². The van der Waals surface area contributed by atoms with Crippen LogP contribution in [0.4, 0.5) is 22.7 Å². The van der Waals surface area contributed by atoms with Crippen LogP contribution in [-0.2, 0) is 0 Å². The molecule has 0 aliphatic carbocycles. The summed E-state index contributed by atoms with van der Waals surface area (Å²) < 4.78 is 0. The molecule has 3 aromatic heterocycles. The fourth-order valence-corrected chi connectivity index (χ4v) is 4.05. The Morgan fingerprint density at radius 3 is 2.37 bits per heavy atom. The van der Waals surface area contributed by atoms with Crippen molar-refractivity contribution in [2.24, 2.45) is 0 Å². The number of aromatic nitrogens is 3. The molecule has 4 heterocycles. The number of aromatic amines is 2. The molecule has 1 amide bonds. The standard InChI is InChI=1S/C24H25N7O2.C2H6/c1-30-10-12-31(13-11-30)17-4-2-16(3-5-17)28-24(33)22-19(7-9-27-23(22)32)29-21-15-25-14-20-18(21)6-8-26-20;1-2/h2-9,14-15,26H,10-13H2,1H3,(H,28,33)(H2,27,29,32);1-2H3. The number of carbonyl (C=O) groups excluding carboxylic acids is 1. The number of piperazine rings is 1. The van der Waals surface area contributed by atoms with Gasteiger partial charge in [-0.05, 0) is 43.4 Å². The van der Waals surface area contributed by atoms with Crippen LogP contribution in [0, 0.1) is 0 Å². The van der Waals surface area contributed by atoms with Gasteiger partial charge in [0.05, 0.1) is 29.3 Å². The van der Waals surface area contributed by atoms with Crippen LogP contribution in [0.15, 0.2) is 66.0 Å². The number of pyridine rings is 2. The van der Waals surface area contributed by atoms with Crippen molar-refractivity contribution in [3.63, 3.8) is 0 Å². The van der Waals surface area contributed by atoms with Crippen LogP contribution >= 0.6 is 0 Å². The van der Waals surface area contributed by atoms with Gasteiger partial charge >= 0.3 is 0 Å². The molecule has 9 heteroatoms. The average Bonchev–Trinajstić information content (AvgIpc) is 3.36. The molecule has 0 radical (unpaired) electrons. The van der Waals surface area contributed by atoms with Crippen LogP contribution < -0.4 is 21.1 Å². The summed E-state index contributed by atoms with van der Waals surface area (Å²) in [5.74, 6) is -0.485. The van der Waals surface area contributed by atoms with E-state index in [1.165, 1.54) is 6.20 Å². The van der Waals surface area contributed by atoms with E-state index in [0.717, 1.165) is 42.8 Å². The minimum Gasteiger partial charge on any atom is -0.369 e. The van der Waals surface area contributed by atoms with Gasteiger partial charge < -0.3 is 30.4 Å². The number of nitrogens with zero attached hydrogens (tertiary/aromatic N) is 3. The van der Waals surface area contributed by atoms with Gasteiger partial charge in [0.2, 0.25) is 0 Å². The molecule has 9 nitrogen and oxygen atoms in total. The van der Waals surface area contributed by atoms with Gasteiger partial charge in [0.25, 0.3) is 11.5 Å². The first-order chi connectivity index (χ1) is 17.1. The number of likely N-dealkylation sites (N-methyl/N-ethyl adjacent to an activating group) is 1. The van der Waals surface area contributed by atoms with Gasteiger partial charge in [-0.2, -0.15) is 0 Å². The minimum atomic E-state index is -0.485. The number of rotatable bonds is 5. The minimum absolute atomic E-state index is 0.00758. The van der Waals surface area contributed by atoms with E-state index >= 15 is 0 Å². The Balaban J connectivity index is 0.00000141. The molecule has 0 spiro atoms. The number of benzene rings is 1. The van der Waals surface area contributed by atoms with Gasteiger partial charge in [0, 0.05) is 55.3 Å². The number of hydrogen-bond acceptors (Lipinski definition) is 6. The van der Waals surface area contributed by atoms with E-state index in [2.05, 4.69) is 42.4 Å². The Labute approximate surface area is 204 Å². The van der Waals surface area contributed by atoms with Gasteiger partial charge in [-0.25, -0.2) is 0 Å². The fraction of sp³-hybridized carbons (Fsp3) is 0.269. The predicted octanol–water partition coefficient (Wildman–Crippen LogP) is 4.03. The Morgan fingerprint density at radius 2 is 1.63 bits per heavy atom. The zero-order valence-electron chi connectivity index (χ0n) is 20.3. The second-order valence-electron chi connectivity index (χ2n) is 8.14. The van der Waals surface area contributed by atoms with Crippen molar-refractivity contribution in [2.75, 3.05) is 48.8 Å². The van der Waals surface area contributed by atoms with Gasteiger partial charge in [-0.1, -0.05) is 13.8 Å². The number of nitrogens with one attached hydrogen (secondary N) is 4. The molecule has 35 heavy (non-hydrogen) atoms. The maximum atomic E-state index is 13.1. The van der Waals surface area contributed by atoms with Crippen LogP contribution in [0.25, 0.3) is 10.9 Å². The monoisotopic (exact) mass is 473 g/mol. The molecular weight excluding hydrogens is 442 g/mol. The van der Waals surface area contributed by atoms with Gasteiger partial charge in [0.1, 0.15) is 5.56 Å². The summed E-state index contributed by atoms with van der Waals surface area (Å²) in [7, 11) is 2.12. The second kappa shape index (κ2) is 10.9. The Morgan fingerprint density at radius 1 is 0.914 bits per heavy atom. The van der Waals surface area contributed by atoms with Gasteiger partial charge in [-0.3, -0.25) is 14.6 Å². The Kier molecular flexibility index (Phi) is 7.47. The molecule has 0 bridgehead atoms. The zero-order valence-corrected chi connectivity index (χ0v) is 20.3. The third kappa shape index (κ3) is 5.36. The molecule has 0 saturated carbocycles. The summed E-state index contributed by atoms with van der Waals surface area (Å²) in [5.41, 5.74) is 3.24. The summed E-state index contributed by atoms with van der Waals surface area (Å²) in [5, 5.41) is 6.95. The average molecular weight is 474 g/mol. The topological polar surface area (TPSA) is 109 Å². The summed E-state index contributed by atoms with van der Waals surface area (Å²) in [6.07, 6.45) is 6.71. The summed E-state index contributed by atoms with van der Waals surface area (Å²) in [6, 6.07) is 11.3. The van der Waals surface area contributed by atoms with Crippen molar-refractivity contribution in [3.05, 3.63) is 77.1 Å². The molecule has 0 unspecified atom stereocenters. The molecule has 1 fully saturated rings. The third-order valence-corrected chi connectivity index (χ3v) is 5.93. The summed E-state index contributed by atoms with van der Waals surface area (Å²) in [6.45, 7) is 7.99. The first-order valence-corrected chi connectivity index (χ1v) is 11.8. The molecule has 1 aliphatic heterocycles. The van der Waals surface area contributed by atoms with Crippen LogP contribution in [0.3, 0.4) is 0 Å². The quantitative estimate of drug-likeness (QED) is 0.349. The Hall–Kier alpha value is -4.11. The normalized spacial score (nSPS) is 13.7. The van der Waals surface area contributed by atoms with E-state index < -0.39 is 11.5 Å². The lowest BCUT2D eigenvalue weighted by Crippen LogP contribution is -2.44. The highest BCUT2D eigenvalue weighted by molar-refractivity contribution is 6.08. The first kappa shape index (κ1) is 24.0. The number of hydrogen-bond donors (Lipinski definition) is 4. The van der Waals surface area contributed by atoms with E-state index in [0.29, 0.717) is 17.1 Å². The molecule has 4 aromatic rings. The number of amides is 1. The van der Waals surface area contributed by atoms with Crippen LogP contribution in [-0.4, -0.2) is 59.0 Å². The maximum absolute atomic E-state index is 13.1. The Bertz CT molecular complexity index is 1340. The largest absolute Gasteiger partial charge is 0.369 e. The third-order valence-electron chi connectivity index (χ3n) is 5.93. The lowest BCUT2D eigenvalue weighted by Gasteiger charge is -2.34. The fourth-order valence-electron chi connectivity index (χ4n) is 4.05. The van der Waals surface area contributed by atoms with Crippen molar-refractivity contribution in [3.8, 4) is 0 Å². The van der Waals surface area contributed by atoms with E-state index in [4.69, 9.17) is 0 Å². The zero-order chi connectivity index (χ0) is 24.8. The number of carbonyl (C=O) groups is 1. The van der Waals surface area contributed by atoms with Crippen molar-refractivity contribution in [1.82, 2.24) is 19.9 Å². The molecule has 1 saturated heterocycles. The maximum Gasteiger partial charge on any atom is 0.263 e. The predicted molar refractivity (Wildman–Crippen MR) is 142 cm³/mol. The second-order valence-corrected chi connectivity index (χ2v) is 8.14. The molecule has 5 rings (SSSR count). The smallest absolute Gasteiger partial charge is 0.263 e. The number of fused-ring (bicyclic) bond motifs is 1. The van der Waals surface area contributed by atoms with E-state index in [-0.39, 0.29) is 5.56 Å². The lowest BCUT2D eigenvalue weighted by molar-refractivity contribution is 0.102. The van der Waals surface area contributed by atoms with Gasteiger partial charge in [0.15, 0.2) is 0 Å². The number of H-pyrrole nitrogens is 2. The van der Waals surface area contributed by atoms with Crippen molar-refractivity contribution in [2.45, 2.75) is 13.8 Å². The van der Waals surface area contributed by atoms with Crippen molar-refractivity contribution < 1.29 is 4.79 Å². The number of anilines is 4. The summed E-state index contributed by atoms with van der Waals surface area (Å²) >= 11 is 0. The van der Waals surface area contributed by atoms with Crippen LogP contribution in [0.5, 0.6) is 0 Å². The van der Waals surface area contributed by atoms with E-state index in [9.17, 15) is 9.59 Å². The molecular formula is C26H31N7O2. The van der Waals surface area contributed by atoms with Crippen molar-refractivity contribution in [1.29, 1.82) is 0 Å². The molecule has 0 atom stereocenters. The SMILES string of the molecule is CC.CN1CCN(c2ccc(NC(=O)c3c(Nc4cncc5[nH]ccc45)cc[nH]c3=O)cc2)CC1. The summed E-state index contributed by atoms with van der Waals surface area (Å²) in [4.78, 5) is 40.2. The molecule has 1 aliphatic rings. The lowest BCUT2D eigenvalue weighted by atomic mass is 10.1. The highest BCUT2D eigenvalue weighted by Crippen LogP contribution is 2.26. The van der Waals surface area contributed by atoms with Gasteiger partial charge in [-0.15, -0.1) is 0 Å². The first-order valence-electron chi connectivity index (χ1n) is 11.8. The highest BCUT2D eigenvalue weighted by atomic mass is 16.2. The van der Waals surface area contributed by atoms with E-state index in [1.54, 1.807) is 18.5 Å². The highest BCUT2D eigenvalue weighted by Gasteiger charge is 2.18. The molecule has 4 N–H and O–H groups in total. The van der Waals surface area contributed by atoms with Crippen LogP contribution in [0.1, 0.15) is 24.2 Å². The molecule has 1 aromatic carbocycles. The molecule has 182 valence electrons. The van der Waals surface area contributed by atoms with E-state index in [1.807, 2.05) is 50.4 Å². The van der Waals surface area contributed by atoms with Crippen LogP contribution in [0.2, 0.25) is 0 Å².